The molecule has 1 aromatic carbocycles. The Morgan fingerprint density at radius 3 is 2.22 bits per heavy atom. The van der Waals surface area contributed by atoms with Gasteiger partial charge in [0, 0.05) is 49.9 Å². The van der Waals surface area contributed by atoms with E-state index in [2.05, 4.69) is 4.37 Å². The molecule has 5 fully saturated rings. The summed E-state index contributed by atoms with van der Waals surface area (Å²) in [4.78, 5) is 29.6. The van der Waals surface area contributed by atoms with Crippen molar-refractivity contribution in [2.45, 2.75) is 44.9 Å². The van der Waals surface area contributed by atoms with Crippen LogP contribution in [0, 0.1) is 35.5 Å². The fourth-order valence-corrected chi connectivity index (χ4v) is 8.15. The van der Waals surface area contributed by atoms with E-state index in [4.69, 9.17) is 11.0 Å². The second-order valence-electron chi connectivity index (χ2n) is 10.9. The number of fused-ring (bicyclic) bond motifs is 6. The fourth-order valence-electron chi connectivity index (χ4n) is 7.39. The van der Waals surface area contributed by atoms with Crippen molar-refractivity contribution in [2.24, 2.45) is 35.5 Å². The van der Waals surface area contributed by atoms with Gasteiger partial charge < -0.3 is 4.90 Å². The molecule has 6 nitrogen and oxygen atoms in total. The smallest absolute Gasteiger partial charge is 0.233 e. The molecule has 8 heteroatoms. The Kier molecular flexibility index (Phi) is 4.67. The molecular formula is C28H37ClN4O2S. The van der Waals surface area contributed by atoms with Gasteiger partial charge in [-0.3, -0.25) is 19.4 Å². The van der Waals surface area contributed by atoms with E-state index < -0.39 is 26.0 Å². The molecule has 0 spiro atoms. The van der Waals surface area contributed by atoms with Crippen LogP contribution in [0.25, 0.3) is 10.1 Å². The SMILES string of the molecule is Cl.[2H]C1([2H])N(C[C@@H]2CCCC[C@H]2CN2C(=O)[C@@H]3[C@@H]4CC[C@@H](C4)[C@@H]3C2=O)C([2H])([2H])C([2H])([2H])N(c2nsc3ccccc23)C1([2H])[2H]. The van der Waals surface area contributed by atoms with E-state index in [0.717, 1.165) is 48.5 Å². The summed E-state index contributed by atoms with van der Waals surface area (Å²) in [7, 11) is 0. The Bertz CT molecular complexity index is 1420. The van der Waals surface area contributed by atoms with Crippen molar-refractivity contribution in [1.82, 2.24) is 14.2 Å². The fraction of sp³-hybridized carbons (Fsp3) is 0.679. The topological polar surface area (TPSA) is 56.8 Å². The number of hydrogen-bond acceptors (Lipinski definition) is 6. The van der Waals surface area contributed by atoms with Gasteiger partial charge in [0.2, 0.25) is 11.8 Å². The molecule has 2 aliphatic heterocycles. The van der Waals surface area contributed by atoms with Gasteiger partial charge in [-0.2, -0.15) is 4.37 Å². The average molecular weight is 537 g/mol. The van der Waals surface area contributed by atoms with Gasteiger partial charge in [0.25, 0.3) is 0 Å². The predicted molar refractivity (Wildman–Crippen MR) is 145 cm³/mol. The van der Waals surface area contributed by atoms with E-state index in [1.54, 1.807) is 24.3 Å². The number of anilines is 1. The van der Waals surface area contributed by atoms with Crippen LogP contribution in [0.5, 0.6) is 0 Å². The summed E-state index contributed by atoms with van der Waals surface area (Å²) in [5, 5.41) is 0.422. The lowest BCUT2D eigenvalue weighted by molar-refractivity contribution is -0.142. The molecule has 2 aromatic rings. The summed E-state index contributed by atoms with van der Waals surface area (Å²) in [5.41, 5.74) is 0. The zero-order valence-electron chi connectivity index (χ0n) is 28.1. The molecule has 3 saturated carbocycles. The third-order valence-corrected chi connectivity index (χ3v) is 9.90. The minimum Gasteiger partial charge on any atom is -0.353 e. The van der Waals surface area contributed by atoms with E-state index in [1.807, 2.05) is 0 Å². The van der Waals surface area contributed by atoms with Crippen molar-refractivity contribution >= 4 is 51.7 Å². The van der Waals surface area contributed by atoms with E-state index in [-0.39, 0.29) is 78.6 Å². The second-order valence-corrected chi connectivity index (χ2v) is 11.7. The Balaban J connectivity index is 0.00000343. The molecule has 7 rings (SSSR count). The van der Waals surface area contributed by atoms with E-state index in [9.17, 15) is 9.59 Å². The number of carbonyl (C=O) groups excluding carboxylic acids is 2. The van der Waals surface area contributed by atoms with Gasteiger partial charge in [-0.05, 0) is 79.4 Å². The van der Waals surface area contributed by atoms with Gasteiger partial charge >= 0.3 is 0 Å². The summed E-state index contributed by atoms with van der Waals surface area (Å²) in [6.07, 6.45) is 5.86. The number of piperazine rings is 1. The number of imide groups is 1. The van der Waals surface area contributed by atoms with Gasteiger partial charge in [0.15, 0.2) is 0 Å². The number of benzene rings is 1. The quantitative estimate of drug-likeness (QED) is 0.519. The first-order valence-electron chi connectivity index (χ1n) is 17.0. The molecule has 2 saturated heterocycles. The summed E-state index contributed by atoms with van der Waals surface area (Å²) in [5.74, 6) is -0.817. The summed E-state index contributed by atoms with van der Waals surface area (Å²) < 4.78 is 76.7. The maximum atomic E-state index is 13.4. The maximum Gasteiger partial charge on any atom is 0.233 e. The van der Waals surface area contributed by atoms with Crippen LogP contribution in [-0.4, -0.2) is 65.1 Å². The lowest BCUT2D eigenvalue weighted by Crippen LogP contribution is -2.49. The maximum absolute atomic E-state index is 13.4. The van der Waals surface area contributed by atoms with Gasteiger partial charge in [-0.25, -0.2) is 0 Å². The lowest BCUT2D eigenvalue weighted by Gasteiger charge is -2.40. The largest absolute Gasteiger partial charge is 0.353 e. The molecular weight excluding hydrogens is 492 g/mol. The zero-order chi connectivity index (χ0) is 30.7. The molecule has 0 N–H and O–H groups in total. The Morgan fingerprint density at radius 1 is 0.889 bits per heavy atom. The zero-order valence-corrected chi connectivity index (χ0v) is 21.7. The molecule has 2 bridgehead atoms. The van der Waals surface area contributed by atoms with E-state index >= 15 is 0 Å². The van der Waals surface area contributed by atoms with Crippen LogP contribution in [0.1, 0.15) is 55.9 Å². The van der Waals surface area contributed by atoms with Crippen molar-refractivity contribution in [2.75, 3.05) is 44.0 Å². The Labute approximate surface area is 235 Å². The van der Waals surface area contributed by atoms with Crippen LogP contribution in [0.15, 0.2) is 24.3 Å². The summed E-state index contributed by atoms with van der Waals surface area (Å²) >= 11 is 1.02. The first kappa shape index (κ1) is 17.0. The van der Waals surface area contributed by atoms with Crippen LogP contribution in [-0.2, 0) is 9.59 Å². The molecule has 3 aliphatic carbocycles. The molecule has 36 heavy (non-hydrogen) atoms. The molecule has 0 unspecified atom stereocenters. The molecule has 5 aliphatic rings. The molecule has 6 atom stereocenters. The highest BCUT2D eigenvalue weighted by atomic mass is 35.5. The lowest BCUT2D eigenvalue weighted by atomic mass is 9.78. The number of carbonyl (C=O) groups is 2. The minimum atomic E-state index is -3.00. The first-order valence-corrected chi connectivity index (χ1v) is 13.7. The second kappa shape index (κ2) is 9.88. The Hall–Kier alpha value is -1.70. The standard InChI is InChI=1S/C28H36N4O2S.ClH/c33-27-24-18-9-10-19(15-18)25(24)28(34)32(27)17-21-6-2-1-5-20(21)16-30-11-13-31(14-12-30)26-22-7-3-4-8-23(22)35-29-26;/h3-4,7-8,18-21,24-25H,1-2,5-6,9-17H2;1H/t18-,19+,20-,21-,24-,25+;/m0./s1/i11D2,12D2,13D2,14D2;. The Morgan fingerprint density at radius 2 is 1.53 bits per heavy atom. The molecule has 2 amide bonds. The number of halogens is 1. The molecule has 1 aromatic heterocycles. The van der Waals surface area contributed by atoms with Crippen LogP contribution >= 0.6 is 23.9 Å². The highest BCUT2D eigenvalue weighted by Crippen LogP contribution is 2.56. The van der Waals surface area contributed by atoms with Crippen LogP contribution in [0.3, 0.4) is 0 Å². The number of likely N-dealkylation sites (tertiary alicyclic amines) is 1. The molecule has 3 heterocycles. The van der Waals surface area contributed by atoms with E-state index in [1.165, 1.54) is 4.90 Å². The number of hydrogen-bond donors (Lipinski definition) is 0. The van der Waals surface area contributed by atoms with Crippen LogP contribution in [0.2, 0.25) is 0 Å². The summed E-state index contributed by atoms with van der Waals surface area (Å²) in [6.45, 7) is -12.0. The number of nitrogens with zero attached hydrogens (tertiary/aromatic N) is 4. The monoisotopic (exact) mass is 536 g/mol. The third-order valence-electron chi connectivity index (χ3n) is 9.08. The van der Waals surface area contributed by atoms with Gasteiger partial charge in [0.1, 0.15) is 5.82 Å². The predicted octanol–water partition coefficient (Wildman–Crippen LogP) is 4.68. The van der Waals surface area contributed by atoms with Crippen LogP contribution in [0.4, 0.5) is 5.82 Å². The van der Waals surface area contributed by atoms with Crippen molar-refractivity contribution in [1.29, 1.82) is 0 Å². The van der Waals surface area contributed by atoms with Gasteiger partial charge in [0.05, 0.1) is 22.0 Å². The molecule has 0 radical (unpaired) electrons. The third kappa shape index (κ3) is 4.06. The minimum absolute atomic E-state index is 0. The normalized spacial score (nSPS) is 43.3. The first-order chi connectivity index (χ1) is 20.2. The van der Waals surface area contributed by atoms with E-state index in [0.29, 0.717) is 27.8 Å². The van der Waals surface area contributed by atoms with Gasteiger partial charge in [-0.15, -0.1) is 12.4 Å². The van der Waals surface area contributed by atoms with Crippen LogP contribution < -0.4 is 4.90 Å². The average Bonchev–Trinajstić information content (AvgIpc) is 3.72. The number of aromatic nitrogens is 1. The summed E-state index contributed by atoms with van der Waals surface area (Å²) in [6, 6.07) is 6.86. The highest BCUT2D eigenvalue weighted by molar-refractivity contribution is 7.13. The van der Waals surface area contributed by atoms with Gasteiger partial charge in [-0.1, -0.05) is 25.0 Å². The van der Waals surface area contributed by atoms with Crippen molar-refractivity contribution in [3.8, 4) is 0 Å². The molecule has 194 valence electrons. The van der Waals surface area contributed by atoms with Crippen molar-refractivity contribution in [3.63, 3.8) is 0 Å². The van der Waals surface area contributed by atoms with Crippen molar-refractivity contribution in [3.05, 3.63) is 24.3 Å². The number of amides is 2. The number of rotatable bonds is 5. The highest BCUT2D eigenvalue weighted by Gasteiger charge is 2.61. The van der Waals surface area contributed by atoms with Crippen molar-refractivity contribution < 1.29 is 20.6 Å².